The van der Waals surface area contributed by atoms with Gasteiger partial charge >= 0.3 is 6.18 Å². The van der Waals surface area contributed by atoms with E-state index >= 15 is 0 Å². The van der Waals surface area contributed by atoms with Crippen molar-refractivity contribution in [2.75, 3.05) is 0 Å². The van der Waals surface area contributed by atoms with Crippen molar-refractivity contribution in [3.05, 3.63) is 77.1 Å². The van der Waals surface area contributed by atoms with Crippen LogP contribution in [0.1, 0.15) is 21.5 Å². The third kappa shape index (κ3) is 4.02. The predicted molar refractivity (Wildman–Crippen MR) is 71.2 cm³/mol. The maximum Gasteiger partial charge on any atom is 0.416 e. The second-order valence-electron chi connectivity index (χ2n) is 4.33. The molecule has 2 aromatic carbocycles. The summed E-state index contributed by atoms with van der Waals surface area (Å²) in [7, 11) is 0. The van der Waals surface area contributed by atoms with Crippen molar-refractivity contribution in [2.24, 2.45) is 0 Å². The number of ketones is 1. The fourth-order valence-corrected chi connectivity index (χ4v) is 1.70. The molecule has 0 spiro atoms. The Hall–Kier alpha value is -2.43. The number of halogens is 4. The summed E-state index contributed by atoms with van der Waals surface area (Å²) in [5.41, 5.74) is -0.251. The van der Waals surface area contributed by atoms with Gasteiger partial charge < -0.3 is 0 Å². The summed E-state index contributed by atoms with van der Waals surface area (Å²) in [5.74, 6) is -0.874. The molecule has 0 radical (unpaired) electrons. The second-order valence-corrected chi connectivity index (χ2v) is 4.33. The summed E-state index contributed by atoms with van der Waals surface area (Å²) in [5, 5.41) is 0. The minimum absolute atomic E-state index is 0.264. The van der Waals surface area contributed by atoms with E-state index in [1.807, 2.05) is 0 Å². The van der Waals surface area contributed by atoms with Crippen molar-refractivity contribution in [1.29, 1.82) is 0 Å². The van der Waals surface area contributed by atoms with Gasteiger partial charge in [-0.1, -0.05) is 18.2 Å². The number of benzene rings is 2. The summed E-state index contributed by atoms with van der Waals surface area (Å²) in [4.78, 5) is 11.8. The van der Waals surface area contributed by atoms with Gasteiger partial charge in [0.05, 0.1) is 5.56 Å². The summed E-state index contributed by atoms with van der Waals surface area (Å²) >= 11 is 0. The van der Waals surface area contributed by atoms with Crippen LogP contribution in [-0.2, 0) is 6.18 Å². The average molecular weight is 294 g/mol. The molecular weight excluding hydrogens is 284 g/mol. The van der Waals surface area contributed by atoms with Crippen LogP contribution in [0.3, 0.4) is 0 Å². The molecule has 0 aliphatic carbocycles. The van der Waals surface area contributed by atoms with E-state index in [2.05, 4.69) is 0 Å². The summed E-state index contributed by atoms with van der Waals surface area (Å²) in [6.45, 7) is 0. The van der Waals surface area contributed by atoms with E-state index in [-0.39, 0.29) is 11.1 Å². The summed E-state index contributed by atoms with van der Waals surface area (Å²) < 4.78 is 50.4. The van der Waals surface area contributed by atoms with E-state index in [1.54, 1.807) is 0 Å². The van der Waals surface area contributed by atoms with Gasteiger partial charge in [-0.2, -0.15) is 13.2 Å². The lowest BCUT2D eigenvalue weighted by Crippen LogP contribution is -2.04. The molecule has 21 heavy (non-hydrogen) atoms. The Bertz CT molecular complexity index is 669. The van der Waals surface area contributed by atoms with Crippen molar-refractivity contribution >= 4 is 11.9 Å². The Morgan fingerprint density at radius 2 is 1.67 bits per heavy atom. The van der Waals surface area contributed by atoms with Gasteiger partial charge in [0.1, 0.15) is 5.82 Å². The highest BCUT2D eigenvalue weighted by molar-refractivity contribution is 6.06. The first-order valence-corrected chi connectivity index (χ1v) is 6.01. The molecule has 0 aliphatic rings. The molecule has 0 bridgehead atoms. The van der Waals surface area contributed by atoms with Crippen LogP contribution in [0.5, 0.6) is 0 Å². The molecule has 0 atom stereocenters. The van der Waals surface area contributed by atoms with Crippen LogP contribution in [0.4, 0.5) is 17.6 Å². The number of hydrogen-bond acceptors (Lipinski definition) is 1. The molecule has 2 rings (SSSR count). The Morgan fingerprint density at radius 3 is 2.29 bits per heavy atom. The van der Waals surface area contributed by atoms with E-state index in [4.69, 9.17) is 0 Å². The Balaban J connectivity index is 2.17. The highest BCUT2D eigenvalue weighted by Gasteiger charge is 2.30. The number of hydrogen-bond donors (Lipinski definition) is 0. The number of carbonyl (C=O) groups is 1. The third-order valence-electron chi connectivity index (χ3n) is 2.77. The highest BCUT2D eigenvalue weighted by atomic mass is 19.4. The SMILES string of the molecule is O=C(C=Cc1cccc(C(F)(F)F)c1)c1ccc(F)cc1. The summed E-state index contributed by atoms with van der Waals surface area (Å²) in [6, 6.07) is 9.56. The van der Waals surface area contributed by atoms with Gasteiger partial charge in [0.15, 0.2) is 5.78 Å². The topological polar surface area (TPSA) is 17.1 Å². The molecule has 0 fully saturated rings. The minimum Gasteiger partial charge on any atom is -0.289 e. The first-order valence-electron chi connectivity index (χ1n) is 6.01. The van der Waals surface area contributed by atoms with Gasteiger partial charge in [0.2, 0.25) is 0 Å². The van der Waals surface area contributed by atoms with Crippen LogP contribution < -0.4 is 0 Å². The van der Waals surface area contributed by atoms with E-state index in [0.29, 0.717) is 0 Å². The van der Waals surface area contributed by atoms with Crippen molar-refractivity contribution in [3.63, 3.8) is 0 Å². The van der Waals surface area contributed by atoms with Crippen LogP contribution in [-0.4, -0.2) is 5.78 Å². The van der Waals surface area contributed by atoms with E-state index < -0.39 is 23.3 Å². The molecule has 2 aromatic rings. The van der Waals surface area contributed by atoms with Crippen LogP contribution in [0.25, 0.3) is 6.08 Å². The molecule has 0 saturated heterocycles. The van der Waals surface area contributed by atoms with Gasteiger partial charge in [-0.25, -0.2) is 4.39 Å². The lowest BCUT2D eigenvalue weighted by Gasteiger charge is -2.06. The molecule has 0 saturated carbocycles. The molecule has 1 nitrogen and oxygen atoms in total. The second kappa shape index (κ2) is 5.91. The number of alkyl halides is 3. The first kappa shape index (κ1) is 15.0. The van der Waals surface area contributed by atoms with Crippen LogP contribution >= 0.6 is 0 Å². The monoisotopic (exact) mass is 294 g/mol. The normalized spacial score (nSPS) is 11.8. The number of rotatable bonds is 3. The Morgan fingerprint density at radius 1 is 1.00 bits per heavy atom. The van der Waals surface area contributed by atoms with Crippen molar-refractivity contribution < 1.29 is 22.4 Å². The van der Waals surface area contributed by atoms with Crippen LogP contribution in [0.2, 0.25) is 0 Å². The largest absolute Gasteiger partial charge is 0.416 e. The van der Waals surface area contributed by atoms with Gasteiger partial charge in [0.25, 0.3) is 0 Å². The first-order chi connectivity index (χ1) is 9.86. The molecule has 0 amide bonds. The van der Waals surface area contributed by atoms with Crippen molar-refractivity contribution in [3.8, 4) is 0 Å². The molecule has 0 N–H and O–H groups in total. The van der Waals surface area contributed by atoms with Crippen molar-refractivity contribution in [2.45, 2.75) is 6.18 Å². The minimum atomic E-state index is -4.43. The quantitative estimate of drug-likeness (QED) is 0.454. The maximum absolute atomic E-state index is 12.7. The Kier molecular flexibility index (Phi) is 4.21. The van der Waals surface area contributed by atoms with Crippen LogP contribution in [0.15, 0.2) is 54.6 Å². The fourth-order valence-electron chi connectivity index (χ4n) is 1.70. The zero-order chi connectivity index (χ0) is 15.5. The fraction of sp³-hybridized carbons (Fsp3) is 0.0625. The van der Waals surface area contributed by atoms with Gasteiger partial charge in [0, 0.05) is 5.56 Å². The molecule has 0 aromatic heterocycles. The lowest BCUT2D eigenvalue weighted by molar-refractivity contribution is -0.137. The standard InChI is InChI=1S/C16H10F4O/c17-14-7-5-12(6-8-14)15(21)9-4-11-2-1-3-13(10-11)16(18,19)20/h1-10H. The van der Waals surface area contributed by atoms with Crippen molar-refractivity contribution in [1.82, 2.24) is 0 Å². The zero-order valence-corrected chi connectivity index (χ0v) is 10.7. The number of carbonyl (C=O) groups excluding carboxylic acids is 1. The molecule has 108 valence electrons. The number of allylic oxidation sites excluding steroid dienone is 1. The zero-order valence-electron chi connectivity index (χ0n) is 10.7. The Labute approximate surface area is 118 Å². The van der Waals surface area contributed by atoms with Gasteiger partial charge in [-0.05, 0) is 48.0 Å². The van der Waals surface area contributed by atoms with Gasteiger partial charge in [-0.3, -0.25) is 4.79 Å². The third-order valence-corrected chi connectivity index (χ3v) is 2.77. The highest BCUT2D eigenvalue weighted by Crippen LogP contribution is 2.29. The van der Waals surface area contributed by atoms with Crippen LogP contribution in [0, 0.1) is 5.82 Å². The average Bonchev–Trinajstić information content (AvgIpc) is 2.45. The maximum atomic E-state index is 12.7. The van der Waals surface area contributed by atoms with Gasteiger partial charge in [-0.15, -0.1) is 0 Å². The smallest absolute Gasteiger partial charge is 0.289 e. The summed E-state index contributed by atoms with van der Waals surface area (Å²) in [6.07, 6.45) is -1.98. The molecule has 0 unspecified atom stereocenters. The molecular formula is C16H10F4O. The van der Waals surface area contributed by atoms with E-state index in [1.165, 1.54) is 30.3 Å². The predicted octanol–water partition coefficient (Wildman–Crippen LogP) is 4.74. The van der Waals surface area contributed by atoms with E-state index in [9.17, 15) is 22.4 Å². The molecule has 0 heterocycles. The molecule has 5 heteroatoms. The van der Waals surface area contributed by atoms with E-state index in [0.717, 1.165) is 30.3 Å². The molecule has 0 aliphatic heterocycles. The lowest BCUT2D eigenvalue weighted by atomic mass is 10.1.